The normalized spacial score (nSPS) is 12.9. The van der Waals surface area contributed by atoms with Crippen LogP contribution >= 0.6 is 11.6 Å². The third-order valence-electron chi connectivity index (χ3n) is 2.86. The minimum atomic E-state index is 0.486. The fourth-order valence-corrected chi connectivity index (χ4v) is 1.53. The van der Waals surface area contributed by atoms with Gasteiger partial charge in [-0.3, -0.25) is 0 Å². The third-order valence-corrected chi connectivity index (χ3v) is 3.10. The summed E-state index contributed by atoms with van der Waals surface area (Å²) in [5.41, 5.74) is 1.14. The standard InChI is InChI=1S/C13H20ClNO/c1-9(2)10(3)15-8-11-5-6-12(14)7-13(11)16-4/h5-7,9-10,15H,8H2,1-4H3. The lowest BCUT2D eigenvalue weighted by atomic mass is 10.1. The summed E-state index contributed by atoms with van der Waals surface area (Å²) in [5.74, 6) is 1.47. The van der Waals surface area contributed by atoms with E-state index in [0.717, 1.165) is 17.9 Å². The first kappa shape index (κ1) is 13.3. The van der Waals surface area contributed by atoms with Crippen molar-refractivity contribution in [3.05, 3.63) is 28.8 Å². The second kappa shape index (κ2) is 6.12. The van der Waals surface area contributed by atoms with Gasteiger partial charge in [0.05, 0.1) is 7.11 Å². The number of hydrogen-bond donors (Lipinski definition) is 1. The predicted molar refractivity (Wildman–Crippen MR) is 69.1 cm³/mol. The average Bonchev–Trinajstić information content (AvgIpc) is 2.26. The SMILES string of the molecule is COc1cc(Cl)ccc1CNC(C)C(C)C. The van der Waals surface area contributed by atoms with Gasteiger partial charge in [-0.1, -0.05) is 31.5 Å². The molecule has 0 amide bonds. The van der Waals surface area contributed by atoms with E-state index in [-0.39, 0.29) is 0 Å². The minimum absolute atomic E-state index is 0.486. The molecule has 90 valence electrons. The van der Waals surface area contributed by atoms with Gasteiger partial charge in [-0.15, -0.1) is 0 Å². The van der Waals surface area contributed by atoms with Crippen molar-refractivity contribution in [2.24, 2.45) is 5.92 Å². The molecule has 0 spiro atoms. The molecule has 0 saturated carbocycles. The summed E-state index contributed by atoms with van der Waals surface area (Å²) >= 11 is 5.91. The molecule has 1 atom stereocenters. The first-order valence-corrected chi connectivity index (χ1v) is 5.98. The summed E-state index contributed by atoms with van der Waals surface area (Å²) in [6, 6.07) is 6.22. The van der Waals surface area contributed by atoms with Crippen molar-refractivity contribution in [2.75, 3.05) is 7.11 Å². The molecule has 2 nitrogen and oxygen atoms in total. The average molecular weight is 242 g/mol. The Morgan fingerprint density at radius 3 is 2.56 bits per heavy atom. The van der Waals surface area contributed by atoms with Crippen LogP contribution in [0.1, 0.15) is 26.3 Å². The van der Waals surface area contributed by atoms with Crippen LogP contribution in [-0.2, 0) is 6.54 Å². The van der Waals surface area contributed by atoms with E-state index in [9.17, 15) is 0 Å². The number of benzene rings is 1. The van der Waals surface area contributed by atoms with Gasteiger partial charge in [-0.05, 0) is 25.0 Å². The Bertz CT molecular complexity index is 339. The summed E-state index contributed by atoms with van der Waals surface area (Å²) < 4.78 is 5.29. The van der Waals surface area contributed by atoms with Gasteiger partial charge in [-0.25, -0.2) is 0 Å². The van der Waals surface area contributed by atoms with Crippen molar-refractivity contribution in [3.63, 3.8) is 0 Å². The Hall–Kier alpha value is -0.730. The van der Waals surface area contributed by atoms with Crippen LogP contribution in [0.2, 0.25) is 5.02 Å². The van der Waals surface area contributed by atoms with Gasteiger partial charge >= 0.3 is 0 Å². The van der Waals surface area contributed by atoms with Gasteiger partial charge in [0.15, 0.2) is 0 Å². The summed E-state index contributed by atoms with van der Waals surface area (Å²) in [7, 11) is 1.67. The number of halogens is 1. The summed E-state index contributed by atoms with van der Waals surface area (Å²) in [4.78, 5) is 0. The molecule has 1 aromatic carbocycles. The molecule has 3 heteroatoms. The van der Waals surface area contributed by atoms with E-state index in [1.165, 1.54) is 0 Å². The van der Waals surface area contributed by atoms with Crippen LogP contribution in [0.15, 0.2) is 18.2 Å². The van der Waals surface area contributed by atoms with Crippen molar-refractivity contribution in [1.82, 2.24) is 5.32 Å². The van der Waals surface area contributed by atoms with Crippen molar-refractivity contribution < 1.29 is 4.74 Å². The summed E-state index contributed by atoms with van der Waals surface area (Å²) in [6.07, 6.45) is 0. The number of rotatable bonds is 5. The molecule has 16 heavy (non-hydrogen) atoms. The molecule has 1 aromatic rings. The van der Waals surface area contributed by atoms with Crippen molar-refractivity contribution in [2.45, 2.75) is 33.4 Å². The van der Waals surface area contributed by atoms with E-state index in [1.807, 2.05) is 18.2 Å². The highest BCUT2D eigenvalue weighted by atomic mass is 35.5. The molecular formula is C13H20ClNO. The van der Waals surface area contributed by atoms with Gasteiger partial charge in [-0.2, -0.15) is 0 Å². The van der Waals surface area contributed by atoms with Crippen LogP contribution in [0.3, 0.4) is 0 Å². The maximum atomic E-state index is 5.91. The van der Waals surface area contributed by atoms with Gasteiger partial charge < -0.3 is 10.1 Å². The number of hydrogen-bond acceptors (Lipinski definition) is 2. The molecule has 0 bridgehead atoms. The molecule has 1 rings (SSSR count). The Balaban J connectivity index is 2.66. The van der Waals surface area contributed by atoms with Gasteiger partial charge in [0, 0.05) is 23.2 Å². The smallest absolute Gasteiger partial charge is 0.124 e. The molecule has 0 aliphatic heterocycles. The molecule has 1 unspecified atom stereocenters. The zero-order valence-corrected chi connectivity index (χ0v) is 11.1. The fraction of sp³-hybridized carbons (Fsp3) is 0.538. The Kier molecular flexibility index (Phi) is 5.10. The molecule has 0 aromatic heterocycles. The molecule has 0 fully saturated rings. The zero-order valence-electron chi connectivity index (χ0n) is 10.4. The fourth-order valence-electron chi connectivity index (χ4n) is 1.37. The Morgan fingerprint density at radius 1 is 1.31 bits per heavy atom. The minimum Gasteiger partial charge on any atom is -0.496 e. The predicted octanol–water partition coefficient (Wildman–Crippen LogP) is 3.48. The number of nitrogens with one attached hydrogen (secondary N) is 1. The van der Waals surface area contributed by atoms with Gasteiger partial charge in [0.2, 0.25) is 0 Å². The molecule has 1 N–H and O–H groups in total. The van der Waals surface area contributed by atoms with E-state index in [1.54, 1.807) is 7.11 Å². The summed E-state index contributed by atoms with van der Waals surface area (Å²) in [6.45, 7) is 7.40. The topological polar surface area (TPSA) is 21.3 Å². The monoisotopic (exact) mass is 241 g/mol. The molecule has 0 aliphatic rings. The van der Waals surface area contributed by atoms with Crippen LogP contribution in [0.5, 0.6) is 5.75 Å². The van der Waals surface area contributed by atoms with Crippen LogP contribution in [0, 0.1) is 5.92 Å². The second-order valence-corrected chi connectivity index (χ2v) is 4.81. The second-order valence-electron chi connectivity index (χ2n) is 4.37. The number of ether oxygens (including phenoxy) is 1. The highest BCUT2D eigenvalue weighted by Crippen LogP contribution is 2.23. The van der Waals surface area contributed by atoms with E-state index >= 15 is 0 Å². The maximum absolute atomic E-state index is 5.91. The molecule has 0 radical (unpaired) electrons. The highest BCUT2D eigenvalue weighted by Gasteiger charge is 2.08. The molecule has 0 heterocycles. The first-order valence-electron chi connectivity index (χ1n) is 5.60. The highest BCUT2D eigenvalue weighted by molar-refractivity contribution is 6.30. The quantitative estimate of drug-likeness (QED) is 0.852. The van der Waals surface area contributed by atoms with Gasteiger partial charge in [0.25, 0.3) is 0 Å². The lowest BCUT2D eigenvalue weighted by Crippen LogP contribution is -2.30. The molecule has 0 aliphatic carbocycles. The van der Waals surface area contributed by atoms with Crippen molar-refractivity contribution in [1.29, 1.82) is 0 Å². The third kappa shape index (κ3) is 3.69. The first-order chi connectivity index (χ1) is 7.54. The van der Waals surface area contributed by atoms with Crippen molar-refractivity contribution >= 4 is 11.6 Å². The van der Waals surface area contributed by atoms with Crippen LogP contribution in [-0.4, -0.2) is 13.2 Å². The van der Waals surface area contributed by atoms with Crippen molar-refractivity contribution in [3.8, 4) is 5.75 Å². The van der Waals surface area contributed by atoms with Crippen LogP contribution < -0.4 is 10.1 Å². The largest absolute Gasteiger partial charge is 0.496 e. The van der Waals surface area contributed by atoms with Crippen LogP contribution in [0.25, 0.3) is 0 Å². The van der Waals surface area contributed by atoms with E-state index in [4.69, 9.17) is 16.3 Å². The van der Waals surface area contributed by atoms with E-state index in [2.05, 4.69) is 26.1 Å². The van der Waals surface area contributed by atoms with E-state index < -0.39 is 0 Å². The lowest BCUT2D eigenvalue weighted by molar-refractivity contribution is 0.395. The molecular weight excluding hydrogens is 222 g/mol. The lowest BCUT2D eigenvalue weighted by Gasteiger charge is -2.18. The Labute approximate surface area is 103 Å². The molecule has 0 saturated heterocycles. The maximum Gasteiger partial charge on any atom is 0.124 e. The van der Waals surface area contributed by atoms with Gasteiger partial charge in [0.1, 0.15) is 5.75 Å². The van der Waals surface area contributed by atoms with Crippen LogP contribution in [0.4, 0.5) is 0 Å². The summed E-state index contributed by atoms with van der Waals surface area (Å²) in [5, 5.41) is 4.18. The number of methoxy groups -OCH3 is 1. The Morgan fingerprint density at radius 2 is 2.00 bits per heavy atom. The van der Waals surface area contributed by atoms with E-state index in [0.29, 0.717) is 17.0 Å². The zero-order chi connectivity index (χ0) is 12.1.